The Bertz CT molecular complexity index is 169. The zero-order valence-corrected chi connectivity index (χ0v) is 6.62. The van der Waals surface area contributed by atoms with Crippen LogP contribution in [0, 0.1) is 0 Å². The van der Waals surface area contributed by atoms with Gasteiger partial charge in [-0.2, -0.15) is 0 Å². The molecule has 11 heavy (non-hydrogen) atoms. The zero-order chi connectivity index (χ0) is 7.26. The average Bonchev–Trinajstić information content (AvgIpc) is 2.42. The zero-order valence-electron chi connectivity index (χ0n) is 6.62. The van der Waals surface area contributed by atoms with E-state index in [9.17, 15) is 0 Å². The van der Waals surface area contributed by atoms with E-state index < -0.39 is 0 Å². The van der Waals surface area contributed by atoms with Crippen LogP contribution < -0.4 is 5.32 Å². The standard InChI is InChI=1S/C8H14N2O/c1-6-3-10(7(1)2-9-6)8-4-11-5-8/h6-9H,1-5H2. The molecule has 0 saturated carbocycles. The predicted octanol–water partition coefficient (Wildman–Crippen LogP) is -0.569. The van der Waals surface area contributed by atoms with Crippen LogP contribution in [0.1, 0.15) is 6.42 Å². The molecule has 3 fully saturated rings. The molecule has 1 N–H and O–H groups in total. The molecule has 0 amide bonds. The van der Waals surface area contributed by atoms with E-state index in [2.05, 4.69) is 10.2 Å². The molecule has 3 aliphatic heterocycles. The van der Waals surface area contributed by atoms with Crippen LogP contribution in [0.3, 0.4) is 0 Å². The number of hydrogen-bond acceptors (Lipinski definition) is 3. The van der Waals surface area contributed by atoms with Gasteiger partial charge in [-0.25, -0.2) is 0 Å². The molecule has 3 saturated heterocycles. The molecular formula is C8H14N2O. The molecule has 0 spiro atoms. The number of rotatable bonds is 1. The maximum absolute atomic E-state index is 5.19. The maximum Gasteiger partial charge on any atom is 0.0645 e. The Morgan fingerprint density at radius 1 is 1.27 bits per heavy atom. The lowest BCUT2D eigenvalue weighted by molar-refractivity contribution is -0.0721. The Morgan fingerprint density at radius 2 is 2.18 bits per heavy atom. The third-order valence-corrected chi connectivity index (χ3v) is 3.19. The van der Waals surface area contributed by atoms with E-state index in [-0.39, 0.29) is 0 Å². The second-order valence-electron chi connectivity index (χ2n) is 3.88. The molecular weight excluding hydrogens is 140 g/mol. The number of nitrogens with zero attached hydrogens (tertiary/aromatic N) is 1. The SMILES string of the molecule is C1NC2CC1N(C1COC1)C2. The summed E-state index contributed by atoms with van der Waals surface area (Å²) in [4.78, 5) is 2.63. The van der Waals surface area contributed by atoms with Crippen molar-refractivity contribution < 1.29 is 4.74 Å². The van der Waals surface area contributed by atoms with Crippen LogP contribution in [-0.2, 0) is 4.74 Å². The highest BCUT2D eigenvalue weighted by atomic mass is 16.5. The molecule has 3 rings (SSSR count). The van der Waals surface area contributed by atoms with E-state index in [0.29, 0.717) is 0 Å². The molecule has 3 nitrogen and oxygen atoms in total. The highest BCUT2D eigenvalue weighted by molar-refractivity contribution is 5.00. The summed E-state index contributed by atoms with van der Waals surface area (Å²) in [6.07, 6.45) is 1.37. The van der Waals surface area contributed by atoms with Gasteiger partial charge in [0.05, 0.1) is 19.3 Å². The van der Waals surface area contributed by atoms with Gasteiger partial charge in [0.1, 0.15) is 0 Å². The van der Waals surface area contributed by atoms with Crippen LogP contribution in [0.15, 0.2) is 0 Å². The summed E-state index contributed by atoms with van der Waals surface area (Å²) in [5.74, 6) is 0. The summed E-state index contributed by atoms with van der Waals surface area (Å²) in [7, 11) is 0. The van der Waals surface area contributed by atoms with Gasteiger partial charge in [0.15, 0.2) is 0 Å². The third kappa shape index (κ3) is 0.849. The van der Waals surface area contributed by atoms with Gasteiger partial charge in [-0.15, -0.1) is 0 Å². The van der Waals surface area contributed by atoms with E-state index in [1.165, 1.54) is 19.5 Å². The smallest absolute Gasteiger partial charge is 0.0645 e. The molecule has 3 aliphatic rings. The first kappa shape index (κ1) is 6.40. The Morgan fingerprint density at radius 3 is 2.64 bits per heavy atom. The second kappa shape index (κ2) is 2.19. The van der Waals surface area contributed by atoms with Crippen molar-refractivity contribution in [3.05, 3.63) is 0 Å². The van der Waals surface area contributed by atoms with Crippen molar-refractivity contribution in [3.8, 4) is 0 Å². The number of fused-ring (bicyclic) bond motifs is 2. The first-order valence-corrected chi connectivity index (χ1v) is 4.50. The number of likely N-dealkylation sites (tertiary alicyclic amines) is 1. The minimum atomic E-state index is 0.757. The van der Waals surface area contributed by atoms with Crippen LogP contribution in [0.2, 0.25) is 0 Å². The van der Waals surface area contributed by atoms with Gasteiger partial charge in [-0.3, -0.25) is 4.90 Å². The van der Waals surface area contributed by atoms with Crippen molar-refractivity contribution >= 4 is 0 Å². The minimum absolute atomic E-state index is 0.757. The Balaban J connectivity index is 1.70. The molecule has 62 valence electrons. The summed E-state index contributed by atoms with van der Waals surface area (Å²) >= 11 is 0. The molecule has 0 aromatic heterocycles. The van der Waals surface area contributed by atoms with Gasteiger partial charge >= 0.3 is 0 Å². The monoisotopic (exact) mass is 154 g/mol. The quantitative estimate of drug-likeness (QED) is 0.547. The van der Waals surface area contributed by atoms with E-state index in [0.717, 1.165) is 31.3 Å². The largest absolute Gasteiger partial charge is 0.378 e. The number of ether oxygens (including phenoxy) is 1. The lowest BCUT2D eigenvalue weighted by Crippen LogP contribution is -2.55. The summed E-state index contributed by atoms with van der Waals surface area (Å²) in [6.45, 7) is 4.42. The van der Waals surface area contributed by atoms with E-state index in [1.807, 2.05) is 0 Å². The van der Waals surface area contributed by atoms with Crippen molar-refractivity contribution in [2.24, 2.45) is 0 Å². The van der Waals surface area contributed by atoms with Crippen molar-refractivity contribution in [3.63, 3.8) is 0 Å². The maximum atomic E-state index is 5.19. The fourth-order valence-corrected chi connectivity index (χ4v) is 2.46. The molecule has 0 aromatic carbocycles. The van der Waals surface area contributed by atoms with Crippen molar-refractivity contribution in [1.29, 1.82) is 0 Å². The van der Waals surface area contributed by atoms with Crippen LogP contribution in [0.5, 0.6) is 0 Å². The molecule has 0 aromatic rings. The van der Waals surface area contributed by atoms with Gasteiger partial charge in [-0.1, -0.05) is 0 Å². The lowest BCUT2D eigenvalue weighted by atomic mass is 10.2. The van der Waals surface area contributed by atoms with Crippen LogP contribution in [0.25, 0.3) is 0 Å². The van der Waals surface area contributed by atoms with E-state index >= 15 is 0 Å². The van der Waals surface area contributed by atoms with Crippen LogP contribution in [0.4, 0.5) is 0 Å². The summed E-state index contributed by atoms with van der Waals surface area (Å²) < 4.78 is 5.19. The lowest BCUT2D eigenvalue weighted by Gasteiger charge is -2.39. The molecule has 0 radical (unpaired) electrons. The molecule has 2 unspecified atom stereocenters. The van der Waals surface area contributed by atoms with Crippen molar-refractivity contribution in [2.45, 2.75) is 24.5 Å². The normalized spacial score (nSPS) is 44.7. The molecule has 3 heteroatoms. The topological polar surface area (TPSA) is 24.5 Å². The summed E-state index contributed by atoms with van der Waals surface area (Å²) in [6, 6.07) is 2.38. The molecule has 3 heterocycles. The van der Waals surface area contributed by atoms with Gasteiger partial charge in [-0.05, 0) is 6.42 Å². The van der Waals surface area contributed by atoms with Gasteiger partial charge < -0.3 is 10.1 Å². The molecule has 0 aliphatic carbocycles. The van der Waals surface area contributed by atoms with Crippen molar-refractivity contribution in [1.82, 2.24) is 10.2 Å². The average molecular weight is 154 g/mol. The second-order valence-corrected chi connectivity index (χ2v) is 3.88. The molecule has 2 bridgehead atoms. The van der Waals surface area contributed by atoms with E-state index in [4.69, 9.17) is 4.74 Å². The highest BCUT2D eigenvalue weighted by Gasteiger charge is 2.42. The first-order valence-electron chi connectivity index (χ1n) is 4.50. The van der Waals surface area contributed by atoms with Crippen molar-refractivity contribution in [2.75, 3.05) is 26.3 Å². The summed E-state index contributed by atoms with van der Waals surface area (Å²) in [5, 5.41) is 3.51. The number of nitrogens with one attached hydrogen (secondary N) is 1. The fourth-order valence-electron chi connectivity index (χ4n) is 2.46. The van der Waals surface area contributed by atoms with Gasteiger partial charge in [0.2, 0.25) is 0 Å². The summed E-state index contributed by atoms with van der Waals surface area (Å²) in [5.41, 5.74) is 0. The van der Waals surface area contributed by atoms with Crippen LogP contribution in [-0.4, -0.2) is 49.3 Å². The van der Waals surface area contributed by atoms with E-state index in [1.54, 1.807) is 0 Å². The Hall–Kier alpha value is -0.120. The number of hydrogen-bond donors (Lipinski definition) is 1. The Kier molecular flexibility index (Phi) is 1.27. The predicted molar refractivity (Wildman–Crippen MR) is 41.5 cm³/mol. The fraction of sp³-hybridized carbons (Fsp3) is 1.00. The third-order valence-electron chi connectivity index (χ3n) is 3.19. The van der Waals surface area contributed by atoms with Gasteiger partial charge in [0.25, 0.3) is 0 Å². The Labute approximate surface area is 66.7 Å². The highest BCUT2D eigenvalue weighted by Crippen LogP contribution is 2.27. The van der Waals surface area contributed by atoms with Crippen LogP contribution >= 0.6 is 0 Å². The molecule has 2 atom stereocenters. The minimum Gasteiger partial charge on any atom is -0.378 e. The van der Waals surface area contributed by atoms with Gasteiger partial charge in [0, 0.05) is 25.2 Å². The first-order chi connectivity index (χ1) is 5.43. The number of piperazine rings is 1.